The van der Waals surface area contributed by atoms with Gasteiger partial charge >= 0.3 is 6.09 Å². The lowest BCUT2D eigenvalue weighted by atomic mass is 10.0. The van der Waals surface area contributed by atoms with Crippen LogP contribution in [0.4, 0.5) is 4.79 Å². The van der Waals surface area contributed by atoms with Crippen molar-refractivity contribution in [2.45, 2.75) is 25.2 Å². The zero-order valence-electron chi connectivity index (χ0n) is 15.4. The van der Waals surface area contributed by atoms with Crippen LogP contribution in [0.1, 0.15) is 23.7 Å². The summed E-state index contributed by atoms with van der Waals surface area (Å²) < 4.78 is 15.4. The molecular weight excluding hydrogens is 350 g/mol. The van der Waals surface area contributed by atoms with Gasteiger partial charge < -0.3 is 29.7 Å². The van der Waals surface area contributed by atoms with Gasteiger partial charge in [0.2, 0.25) is 0 Å². The molecule has 2 aromatic rings. The number of methoxy groups -OCH3 is 2. The van der Waals surface area contributed by atoms with E-state index in [4.69, 9.17) is 14.2 Å². The number of aliphatic hydroxyl groups is 2. The van der Waals surface area contributed by atoms with Crippen molar-refractivity contribution in [1.29, 1.82) is 0 Å². The third-order valence-corrected chi connectivity index (χ3v) is 4.04. The van der Waals surface area contributed by atoms with E-state index in [0.29, 0.717) is 17.1 Å². The molecule has 0 aromatic heterocycles. The summed E-state index contributed by atoms with van der Waals surface area (Å²) in [5.74, 6) is 0.995. The van der Waals surface area contributed by atoms with Gasteiger partial charge in [0.05, 0.1) is 20.3 Å². The molecule has 2 aromatic carbocycles. The molecule has 2 rings (SSSR count). The van der Waals surface area contributed by atoms with Gasteiger partial charge in [0, 0.05) is 6.54 Å². The highest BCUT2D eigenvalue weighted by atomic mass is 16.5. The molecule has 27 heavy (non-hydrogen) atoms. The van der Waals surface area contributed by atoms with Crippen molar-refractivity contribution in [2.75, 3.05) is 20.8 Å². The number of hydrogen-bond donors (Lipinski definition) is 3. The topological polar surface area (TPSA) is 97.2 Å². The van der Waals surface area contributed by atoms with Crippen LogP contribution < -0.4 is 14.8 Å². The maximum atomic E-state index is 11.7. The van der Waals surface area contributed by atoms with Crippen LogP contribution >= 0.6 is 0 Å². The van der Waals surface area contributed by atoms with Gasteiger partial charge in [-0.05, 0) is 29.7 Å². The van der Waals surface area contributed by atoms with Crippen LogP contribution in [0.25, 0.3) is 0 Å². The Morgan fingerprint density at radius 1 is 1.04 bits per heavy atom. The highest BCUT2D eigenvalue weighted by molar-refractivity contribution is 5.67. The molecule has 1 amide bonds. The number of carbonyl (C=O) groups excluding carboxylic acids is 1. The SMILES string of the molecule is COc1ccc(C(O)C(O)CCNC(=O)OCc2ccccc2)cc1OC. The monoisotopic (exact) mass is 375 g/mol. The number of carbonyl (C=O) groups is 1. The van der Waals surface area contributed by atoms with Gasteiger partial charge in [0.25, 0.3) is 0 Å². The molecular formula is C20H25NO6. The molecule has 0 saturated carbocycles. The molecule has 7 nitrogen and oxygen atoms in total. The molecule has 2 atom stereocenters. The van der Waals surface area contributed by atoms with Crippen molar-refractivity contribution in [1.82, 2.24) is 5.32 Å². The van der Waals surface area contributed by atoms with E-state index in [9.17, 15) is 15.0 Å². The average molecular weight is 375 g/mol. The predicted molar refractivity (Wildman–Crippen MR) is 99.8 cm³/mol. The molecule has 2 unspecified atom stereocenters. The van der Waals surface area contributed by atoms with E-state index < -0.39 is 18.3 Å². The number of rotatable bonds is 9. The van der Waals surface area contributed by atoms with Crippen molar-refractivity contribution < 1.29 is 29.2 Å². The Morgan fingerprint density at radius 2 is 1.74 bits per heavy atom. The number of ether oxygens (including phenoxy) is 3. The van der Waals surface area contributed by atoms with E-state index in [2.05, 4.69) is 5.32 Å². The lowest BCUT2D eigenvalue weighted by Crippen LogP contribution is -2.29. The minimum Gasteiger partial charge on any atom is -0.493 e. The second kappa shape index (κ2) is 10.4. The molecule has 0 fully saturated rings. The van der Waals surface area contributed by atoms with Gasteiger partial charge in [-0.15, -0.1) is 0 Å². The first kappa shape index (κ1) is 20.5. The largest absolute Gasteiger partial charge is 0.493 e. The van der Waals surface area contributed by atoms with Gasteiger partial charge in [-0.1, -0.05) is 36.4 Å². The highest BCUT2D eigenvalue weighted by Gasteiger charge is 2.20. The number of nitrogens with one attached hydrogen (secondary N) is 1. The predicted octanol–water partition coefficient (Wildman–Crippen LogP) is 2.41. The van der Waals surface area contributed by atoms with Crippen LogP contribution in [0.3, 0.4) is 0 Å². The fourth-order valence-electron chi connectivity index (χ4n) is 2.51. The third-order valence-electron chi connectivity index (χ3n) is 4.04. The van der Waals surface area contributed by atoms with Crippen LogP contribution in [0, 0.1) is 0 Å². The van der Waals surface area contributed by atoms with Crippen molar-refractivity contribution in [3.63, 3.8) is 0 Å². The van der Waals surface area contributed by atoms with Gasteiger partial charge in [-0.25, -0.2) is 4.79 Å². The van der Waals surface area contributed by atoms with E-state index in [1.807, 2.05) is 30.3 Å². The zero-order chi connectivity index (χ0) is 19.6. The summed E-state index contributed by atoms with van der Waals surface area (Å²) in [7, 11) is 3.01. The van der Waals surface area contributed by atoms with E-state index in [1.54, 1.807) is 18.2 Å². The molecule has 0 saturated heterocycles. The van der Waals surface area contributed by atoms with Crippen molar-refractivity contribution in [3.05, 3.63) is 59.7 Å². The van der Waals surface area contributed by atoms with E-state index >= 15 is 0 Å². The Hall–Kier alpha value is -2.77. The Morgan fingerprint density at radius 3 is 2.41 bits per heavy atom. The van der Waals surface area contributed by atoms with Gasteiger partial charge in [-0.2, -0.15) is 0 Å². The summed E-state index contributed by atoms with van der Waals surface area (Å²) in [4.78, 5) is 11.7. The molecule has 0 radical (unpaired) electrons. The lowest BCUT2D eigenvalue weighted by molar-refractivity contribution is 0.0135. The van der Waals surface area contributed by atoms with Crippen LogP contribution in [0.15, 0.2) is 48.5 Å². The van der Waals surface area contributed by atoms with Crippen LogP contribution in [-0.2, 0) is 11.3 Å². The third kappa shape index (κ3) is 6.16. The molecule has 0 heterocycles. The summed E-state index contributed by atoms with van der Waals surface area (Å²) in [5, 5.41) is 23.0. The first-order valence-electron chi connectivity index (χ1n) is 8.57. The quantitative estimate of drug-likeness (QED) is 0.623. The summed E-state index contributed by atoms with van der Waals surface area (Å²) in [6, 6.07) is 14.2. The molecule has 3 N–H and O–H groups in total. The molecule has 0 bridgehead atoms. The number of benzene rings is 2. The molecule has 146 valence electrons. The maximum Gasteiger partial charge on any atom is 0.407 e. The molecule has 0 aliphatic heterocycles. The Labute approximate surface area is 158 Å². The number of alkyl carbamates (subject to hydrolysis) is 1. The van der Waals surface area contributed by atoms with Crippen molar-refractivity contribution in [2.24, 2.45) is 0 Å². The Kier molecular flexibility index (Phi) is 7.91. The van der Waals surface area contributed by atoms with E-state index in [0.717, 1.165) is 5.56 Å². The van der Waals surface area contributed by atoms with Gasteiger partial charge in [0.1, 0.15) is 12.7 Å². The summed E-state index contributed by atoms with van der Waals surface area (Å²) in [6.45, 7) is 0.336. The second-order valence-corrected chi connectivity index (χ2v) is 5.90. The molecule has 0 spiro atoms. The minimum atomic E-state index is -1.12. The first-order valence-corrected chi connectivity index (χ1v) is 8.57. The van der Waals surface area contributed by atoms with Gasteiger partial charge in [0.15, 0.2) is 11.5 Å². The fraction of sp³-hybridized carbons (Fsp3) is 0.350. The van der Waals surface area contributed by atoms with E-state index in [1.165, 1.54) is 14.2 Å². The molecule has 7 heteroatoms. The lowest BCUT2D eigenvalue weighted by Gasteiger charge is -2.19. The smallest absolute Gasteiger partial charge is 0.407 e. The molecule has 0 aliphatic rings. The van der Waals surface area contributed by atoms with Gasteiger partial charge in [-0.3, -0.25) is 0 Å². The van der Waals surface area contributed by atoms with Crippen molar-refractivity contribution in [3.8, 4) is 11.5 Å². The maximum absolute atomic E-state index is 11.7. The standard InChI is InChI=1S/C20H25NO6/c1-25-17-9-8-15(12-18(17)26-2)19(23)16(22)10-11-21-20(24)27-13-14-6-4-3-5-7-14/h3-9,12,16,19,22-23H,10-11,13H2,1-2H3,(H,21,24). The van der Waals surface area contributed by atoms with E-state index in [-0.39, 0.29) is 19.6 Å². The molecule has 0 aliphatic carbocycles. The van der Waals surface area contributed by atoms with Crippen LogP contribution in [0.5, 0.6) is 11.5 Å². The van der Waals surface area contributed by atoms with Crippen molar-refractivity contribution >= 4 is 6.09 Å². The zero-order valence-corrected chi connectivity index (χ0v) is 15.4. The summed E-state index contributed by atoms with van der Waals surface area (Å²) in [5.41, 5.74) is 1.38. The summed E-state index contributed by atoms with van der Waals surface area (Å²) in [6.07, 6.45) is -2.59. The normalized spacial score (nSPS) is 12.7. The Balaban J connectivity index is 1.77. The second-order valence-electron chi connectivity index (χ2n) is 5.90. The number of amides is 1. The van der Waals surface area contributed by atoms with Crippen LogP contribution in [0.2, 0.25) is 0 Å². The van der Waals surface area contributed by atoms with Crippen LogP contribution in [-0.4, -0.2) is 43.2 Å². The minimum absolute atomic E-state index is 0.163. The summed E-state index contributed by atoms with van der Waals surface area (Å²) >= 11 is 0. The Bertz CT molecular complexity index is 722. The average Bonchev–Trinajstić information content (AvgIpc) is 2.71. The highest BCUT2D eigenvalue weighted by Crippen LogP contribution is 2.31. The first-order chi connectivity index (χ1) is 13.0. The number of hydrogen-bond acceptors (Lipinski definition) is 6. The fourth-order valence-corrected chi connectivity index (χ4v) is 2.51. The number of aliphatic hydroxyl groups excluding tert-OH is 2.